The summed E-state index contributed by atoms with van der Waals surface area (Å²) in [6, 6.07) is 21.1. The number of carbonyl (C=O) groups excluding carboxylic acids is 2. The first kappa shape index (κ1) is 17.9. The van der Waals surface area contributed by atoms with Crippen LogP contribution >= 0.6 is 0 Å². The van der Waals surface area contributed by atoms with E-state index in [1.165, 1.54) is 6.26 Å². The minimum absolute atomic E-state index is 0.127. The highest BCUT2D eigenvalue weighted by molar-refractivity contribution is 6.09. The molecule has 0 unspecified atom stereocenters. The summed E-state index contributed by atoms with van der Waals surface area (Å²) in [6.07, 6.45) is 1.49. The van der Waals surface area contributed by atoms with E-state index in [1.54, 1.807) is 12.1 Å². The topological polar surface area (TPSA) is 101 Å². The molecule has 0 spiro atoms. The molecule has 1 fully saturated rings. The molecule has 2 aromatic heterocycles. The van der Waals surface area contributed by atoms with Crippen LogP contribution in [0.1, 0.15) is 17.0 Å². The summed E-state index contributed by atoms with van der Waals surface area (Å²) in [5, 5.41) is 10.8. The zero-order chi connectivity index (χ0) is 20.6. The number of carbonyl (C=O) groups is 2. The van der Waals surface area contributed by atoms with Gasteiger partial charge < -0.3 is 14.2 Å². The summed E-state index contributed by atoms with van der Waals surface area (Å²) >= 11 is 0. The maximum absolute atomic E-state index is 13.6. The second-order valence-electron chi connectivity index (χ2n) is 6.78. The van der Waals surface area contributed by atoms with Crippen molar-refractivity contribution in [1.29, 1.82) is 0 Å². The lowest BCUT2D eigenvalue weighted by Gasteiger charge is -2.27. The Hall–Kier alpha value is -4.20. The largest absolute Gasteiger partial charge is 0.459 e. The van der Waals surface area contributed by atoms with Crippen molar-refractivity contribution < 1.29 is 18.4 Å². The molecule has 0 bridgehead atoms. The Kier molecular flexibility index (Phi) is 4.17. The average molecular weight is 400 g/mol. The van der Waals surface area contributed by atoms with Crippen LogP contribution < -0.4 is 5.32 Å². The van der Waals surface area contributed by atoms with Gasteiger partial charge in [0.25, 0.3) is 11.8 Å². The monoisotopic (exact) mass is 400 g/mol. The number of aromatic nitrogens is 2. The highest BCUT2D eigenvalue weighted by Gasteiger charge is 2.53. The molecule has 1 aliphatic rings. The Labute approximate surface area is 171 Å². The average Bonchev–Trinajstić information content (AvgIpc) is 3.52. The number of amides is 3. The van der Waals surface area contributed by atoms with Crippen molar-refractivity contribution in [1.82, 2.24) is 20.4 Å². The maximum Gasteiger partial charge on any atom is 0.326 e. The minimum Gasteiger partial charge on any atom is -0.459 e. The number of rotatable bonds is 5. The van der Waals surface area contributed by atoms with Crippen molar-refractivity contribution in [3.05, 3.63) is 96.1 Å². The summed E-state index contributed by atoms with van der Waals surface area (Å²) < 4.78 is 10.8. The van der Waals surface area contributed by atoms with Gasteiger partial charge in [0.15, 0.2) is 11.3 Å². The van der Waals surface area contributed by atoms with Crippen LogP contribution in [0.5, 0.6) is 0 Å². The third kappa shape index (κ3) is 2.77. The van der Waals surface area contributed by atoms with Gasteiger partial charge >= 0.3 is 6.03 Å². The summed E-state index contributed by atoms with van der Waals surface area (Å²) in [6.45, 7) is -0.153. The van der Waals surface area contributed by atoms with Gasteiger partial charge in [0, 0.05) is 0 Å². The van der Waals surface area contributed by atoms with Crippen molar-refractivity contribution >= 4 is 11.9 Å². The van der Waals surface area contributed by atoms with Gasteiger partial charge in [0.1, 0.15) is 6.54 Å². The molecule has 30 heavy (non-hydrogen) atoms. The molecule has 1 saturated heterocycles. The van der Waals surface area contributed by atoms with Gasteiger partial charge in [0.2, 0.25) is 5.89 Å². The van der Waals surface area contributed by atoms with E-state index in [0.29, 0.717) is 16.9 Å². The lowest BCUT2D eigenvalue weighted by atomic mass is 9.82. The summed E-state index contributed by atoms with van der Waals surface area (Å²) in [4.78, 5) is 27.6. The Morgan fingerprint density at radius 1 is 0.867 bits per heavy atom. The Morgan fingerprint density at radius 2 is 1.53 bits per heavy atom. The van der Waals surface area contributed by atoms with Crippen molar-refractivity contribution in [2.75, 3.05) is 0 Å². The first-order valence-corrected chi connectivity index (χ1v) is 9.30. The lowest BCUT2D eigenvalue weighted by molar-refractivity contribution is -0.130. The predicted molar refractivity (Wildman–Crippen MR) is 105 cm³/mol. The van der Waals surface area contributed by atoms with E-state index in [4.69, 9.17) is 8.83 Å². The van der Waals surface area contributed by atoms with Gasteiger partial charge in [0.05, 0.1) is 6.26 Å². The minimum atomic E-state index is -1.33. The Morgan fingerprint density at radius 3 is 2.13 bits per heavy atom. The van der Waals surface area contributed by atoms with E-state index in [2.05, 4.69) is 15.5 Å². The van der Waals surface area contributed by atoms with E-state index in [0.717, 1.165) is 4.90 Å². The lowest BCUT2D eigenvalue weighted by Crippen LogP contribution is -2.45. The molecule has 0 saturated carbocycles. The van der Waals surface area contributed by atoms with Crippen LogP contribution in [-0.2, 0) is 16.9 Å². The quantitative estimate of drug-likeness (QED) is 0.516. The molecule has 0 aliphatic carbocycles. The van der Waals surface area contributed by atoms with E-state index < -0.39 is 17.5 Å². The molecule has 8 heteroatoms. The van der Waals surface area contributed by atoms with Gasteiger partial charge in [-0.1, -0.05) is 60.7 Å². The predicted octanol–water partition coefficient (Wildman–Crippen LogP) is 3.33. The first-order chi connectivity index (χ1) is 14.7. The fourth-order valence-electron chi connectivity index (χ4n) is 3.61. The first-order valence-electron chi connectivity index (χ1n) is 9.30. The molecular weight excluding hydrogens is 384 g/mol. The fourth-order valence-corrected chi connectivity index (χ4v) is 3.61. The molecule has 3 amide bonds. The van der Waals surface area contributed by atoms with Gasteiger partial charge in [-0.05, 0) is 23.3 Å². The van der Waals surface area contributed by atoms with Crippen LogP contribution in [0.25, 0.3) is 11.7 Å². The second kappa shape index (κ2) is 7.00. The molecule has 0 atom stereocenters. The smallest absolute Gasteiger partial charge is 0.326 e. The van der Waals surface area contributed by atoms with Crippen LogP contribution in [0.2, 0.25) is 0 Å². The molecule has 3 heterocycles. The third-order valence-electron chi connectivity index (χ3n) is 5.01. The number of nitrogens with one attached hydrogen (secondary N) is 1. The van der Waals surface area contributed by atoms with E-state index >= 15 is 0 Å². The van der Waals surface area contributed by atoms with Crippen molar-refractivity contribution in [3.63, 3.8) is 0 Å². The summed E-state index contributed by atoms with van der Waals surface area (Å²) in [5.74, 6) is 0.303. The number of hydrogen-bond donors (Lipinski definition) is 1. The van der Waals surface area contributed by atoms with Crippen LogP contribution in [0.3, 0.4) is 0 Å². The number of hydrogen-bond acceptors (Lipinski definition) is 6. The van der Waals surface area contributed by atoms with Gasteiger partial charge in [-0.25, -0.2) is 4.79 Å². The number of benzene rings is 2. The third-order valence-corrected chi connectivity index (χ3v) is 5.01. The molecule has 148 valence electrons. The van der Waals surface area contributed by atoms with Crippen molar-refractivity contribution in [2.45, 2.75) is 12.1 Å². The maximum atomic E-state index is 13.6. The van der Waals surface area contributed by atoms with E-state index in [9.17, 15) is 9.59 Å². The molecular formula is C22H16N4O4. The molecule has 0 radical (unpaired) electrons. The van der Waals surface area contributed by atoms with Crippen LogP contribution in [-0.4, -0.2) is 27.0 Å². The highest BCUT2D eigenvalue weighted by atomic mass is 16.4. The van der Waals surface area contributed by atoms with E-state index in [1.807, 2.05) is 60.7 Å². The number of nitrogens with zero attached hydrogens (tertiary/aromatic N) is 3. The molecule has 2 aromatic carbocycles. The normalized spacial score (nSPS) is 15.4. The molecule has 1 N–H and O–H groups in total. The molecule has 5 rings (SSSR count). The molecule has 8 nitrogen and oxygen atoms in total. The van der Waals surface area contributed by atoms with Gasteiger partial charge in [-0.3, -0.25) is 9.69 Å². The molecule has 1 aliphatic heterocycles. The summed E-state index contributed by atoms with van der Waals surface area (Å²) in [7, 11) is 0. The van der Waals surface area contributed by atoms with Gasteiger partial charge in [-0.2, -0.15) is 0 Å². The standard InChI is InChI=1S/C22H16N4O4/c27-20-22(15-8-3-1-4-9-15,16-10-5-2-6-11-16)23-21(28)26(20)14-18-24-25-19(30-18)17-12-7-13-29-17/h1-13H,14H2,(H,23,28). The number of urea groups is 1. The summed E-state index contributed by atoms with van der Waals surface area (Å²) in [5.41, 5.74) is 0.00132. The SMILES string of the molecule is O=C1NC(c2ccccc2)(c2ccccc2)C(=O)N1Cc1nnc(-c2ccco2)o1. The zero-order valence-corrected chi connectivity index (χ0v) is 15.7. The van der Waals surface area contributed by atoms with Crippen molar-refractivity contribution in [2.24, 2.45) is 0 Å². The van der Waals surface area contributed by atoms with Crippen LogP contribution in [0.15, 0.2) is 87.9 Å². The molecule has 4 aromatic rings. The Bertz CT molecular complexity index is 1150. The van der Waals surface area contributed by atoms with E-state index in [-0.39, 0.29) is 18.3 Å². The van der Waals surface area contributed by atoms with Crippen LogP contribution in [0.4, 0.5) is 4.79 Å². The zero-order valence-electron chi connectivity index (χ0n) is 15.7. The number of imide groups is 1. The Balaban J connectivity index is 1.51. The highest BCUT2D eigenvalue weighted by Crippen LogP contribution is 2.36. The fraction of sp³-hybridized carbons (Fsp3) is 0.0909. The second-order valence-corrected chi connectivity index (χ2v) is 6.78. The number of furan rings is 1. The van der Waals surface area contributed by atoms with Gasteiger partial charge in [-0.15, -0.1) is 10.2 Å². The van der Waals surface area contributed by atoms with Crippen LogP contribution in [0, 0.1) is 0 Å². The van der Waals surface area contributed by atoms with Crippen molar-refractivity contribution in [3.8, 4) is 11.7 Å².